The van der Waals surface area contributed by atoms with Crippen LogP contribution < -0.4 is 5.73 Å². The van der Waals surface area contributed by atoms with E-state index < -0.39 is 0 Å². The summed E-state index contributed by atoms with van der Waals surface area (Å²) in [6, 6.07) is 6.00. The molecule has 3 heteroatoms. The highest BCUT2D eigenvalue weighted by molar-refractivity contribution is 5.83. The lowest BCUT2D eigenvalue weighted by atomic mass is 9.96. The Hall–Kier alpha value is -1.22. The molecular formula is C12H16FNO. The predicted molar refractivity (Wildman–Crippen MR) is 57.9 cm³/mol. The first kappa shape index (κ1) is 11.9. The van der Waals surface area contributed by atoms with Crippen molar-refractivity contribution < 1.29 is 9.18 Å². The van der Waals surface area contributed by atoms with Crippen LogP contribution in [0.1, 0.15) is 18.9 Å². The summed E-state index contributed by atoms with van der Waals surface area (Å²) in [6.45, 7) is 2.33. The SMILES string of the molecule is CCC(CN)C(=O)Cc1ccc(F)cc1. The van der Waals surface area contributed by atoms with Crippen LogP contribution in [0.3, 0.4) is 0 Å². The van der Waals surface area contributed by atoms with E-state index in [1.165, 1.54) is 12.1 Å². The molecule has 0 bridgehead atoms. The van der Waals surface area contributed by atoms with Gasteiger partial charge >= 0.3 is 0 Å². The topological polar surface area (TPSA) is 43.1 Å². The van der Waals surface area contributed by atoms with Gasteiger partial charge in [-0.05, 0) is 24.1 Å². The van der Waals surface area contributed by atoms with E-state index in [1.54, 1.807) is 12.1 Å². The van der Waals surface area contributed by atoms with Gasteiger partial charge in [-0.1, -0.05) is 19.1 Å². The van der Waals surface area contributed by atoms with Gasteiger partial charge in [-0.3, -0.25) is 4.79 Å². The second-order valence-corrected chi connectivity index (χ2v) is 3.61. The lowest BCUT2D eigenvalue weighted by Crippen LogP contribution is -2.24. The standard InChI is InChI=1S/C12H16FNO/c1-2-10(8-14)12(15)7-9-3-5-11(13)6-4-9/h3-6,10H,2,7-8,14H2,1H3. The van der Waals surface area contributed by atoms with Gasteiger partial charge in [0.1, 0.15) is 11.6 Å². The molecule has 0 aromatic heterocycles. The van der Waals surface area contributed by atoms with Crippen LogP contribution in [0.2, 0.25) is 0 Å². The number of ketones is 1. The highest BCUT2D eigenvalue weighted by Gasteiger charge is 2.14. The van der Waals surface area contributed by atoms with Crippen LogP contribution in [-0.2, 0) is 11.2 Å². The molecule has 0 radical (unpaired) electrons. The molecule has 1 unspecified atom stereocenters. The number of Topliss-reactive ketones (excluding diaryl/α,β-unsaturated/α-hetero) is 1. The van der Waals surface area contributed by atoms with E-state index in [-0.39, 0.29) is 17.5 Å². The molecule has 1 aromatic carbocycles. The molecule has 0 aliphatic rings. The van der Waals surface area contributed by atoms with E-state index in [0.29, 0.717) is 13.0 Å². The second kappa shape index (κ2) is 5.61. The summed E-state index contributed by atoms with van der Waals surface area (Å²) in [6.07, 6.45) is 1.10. The van der Waals surface area contributed by atoms with Gasteiger partial charge in [0.2, 0.25) is 0 Å². The molecule has 0 heterocycles. The third-order valence-electron chi connectivity index (χ3n) is 2.52. The van der Waals surface area contributed by atoms with Gasteiger partial charge in [-0.25, -0.2) is 4.39 Å². The Morgan fingerprint density at radius 1 is 1.40 bits per heavy atom. The van der Waals surface area contributed by atoms with Crippen LogP contribution in [0.5, 0.6) is 0 Å². The maximum absolute atomic E-state index is 12.6. The Morgan fingerprint density at radius 3 is 2.47 bits per heavy atom. The van der Waals surface area contributed by atoms with Crippen LogP contribution in [0, 0.1) is 11.7 Å². The van der Waals surface area contributed by atoms with Crippen molar-refractivity contribution in [2.24, 2.45) is 11.7 Å². The first-order valence-electron chi connectivity index (χ1n) is 5.14. The van der Waals surface area contributed by atoms with Crippen LogP contribution in [0.25, 0.3) is 0 Å². The Bertz CT molecular complexity index is 317. The summed E-state index contributed by atoms with van der Waals surface area (Å²) in [5, 5.41) is 0. The minimum atomic E-state index is -0.280. The van der Waals surface area contributed by atoms with Crippen molar-refractivity contribution in [3.8, 4) is 0 Å². The fourth-order valence-corrected chi connectivity index (χ4v) is 1.47. The van der Waals surface area contributed by atoms with Crippen LogP contribution >= 0.6 is 0 Å². The van der Waals surface area contributed by atoms with Crippen LogP contribution in [0.15, 0.2) is 24.3 Å². The largest absolute Gasteiger partial charge is 0.330 e. The number of halogens is 1. The van der Waals surface area contributed by atoms with E-state index in [9.17, 15) is 9.18 Å². The normalized spacial score (nSPS) is 12.5. The monoisotopic (exact) mass is 209 g/mol. The summed E-state index contributed by atoms with van der Waals surface area (Å²) in [5.41, 5.74) is 6.32. The molecule has 2 nitrogen and oxygen atoms in total. The first-order valence-corrected chi connectivity index (χ1v) is 5.14. The van der Waals surface area contributed by atoms with Crippen molar-refractivity contribution in [2.45, 2.75) is 19.8 Å². The van der Waals surface area contributed by atoms with Gasteiger partial charge < -0.3 is 5.73 Å². The van der Waals surface area contributed by atoms with Crippen molar-refractivity contribution in [2.75, 3.05) is 6.54 Å². The lowest BCUT2D eigenvalue weighted by Gasteiger charge is -2.10. The molecule has 82 valence electrons. The number of benzene rings is 1. The molecule has 1 aromatic rings. The quantitative estimate of drug-likeness (QED) is 0.805. The number of carbonyl (C=O) groups excluding carboxylic acids is 1. The van der Waals surface area contributed by atoms with Gasteiger partial charge in [0.25, 0.3) is 0 Å². The molecule has 1 atom stereocenters. The summed E-state index contributed by atoms with van der Waals surface area (Å²) in [4.78, 5) is 11.7. The molecule has 0 amide bonds. The Morgan fingerprint density at radius 2 is 2.00 bits per heavy atom. The molecule has 0 aliphatic heterocycles. The van der Waals surface area contributed by atoms with Gasteiger partial charge in [0.15, 0.2) is 0 Å². The van der Waals surface area contributed by atoms with E-state index in [0.717, 1.165) is 12.0 Å². The van der Waals surface area contributed by atoms with Gasteiger partial charge in [0.05, 0.1) is 0 Å². The molecule has 0 saturated heterocycles. The summed E-state index contributed by atoms with van der Waals surface area (Å²) in [5.74, 6) is -0.223. The minimum absolute atomic E-state index is 0.0740. The summed E-state index contributed by atoms with van der Waals surface area (Å²) >= 11 is 0. The zero-order valence-corrected chi connectivity index (χ0v) is 8.87. The summed E-state index contributed by atoms with van der Waals surface area (Å²) in [7, 11) is 0. The van der Waals surface area contributed by atoms with Gasteiger partial charge in [-0.15, -0.1) is 0 Å². The van der Waals surface area contributed by atoms with Crippen molar-refractivity contribution in [3.05, 3.63) is 35.6 Å². The number of nitrogens with two attached hydrogens (primary N) is 1. The third-order valence-corrected chi connectivity index (χ3v) is 2.52. The van der Waals surface area contributed by atoms with Crippen LogP contribution in [0.4, 0.5) is 4.39 Å². The minimum Gasteiger partial charge on any atom is -0.330 e. The Labute approximate surface area is 89.3 Å². The molecule has 0 fully saturated rings. The van der Waals surface area contributed by atoms with E-state index in [2.05, 4.69) is 0 Å². The highest BCUT2D eigenvalue weighted by Crippen LogP contribution is 2.09. The maximum Gasteiger partial charge on any atom is 0.141 e. The number of hydrogen-bond donors (Lipinski definition) is 1. The average molecular weight is 209 g/mol. The molecular weight excluding hydrogens is 193 g/mol. The number of hydrogen-bond acceptors (Lipinski definition) is 2. The first-order chi connectivity index (χ1) is 7.17. The average Bonchev–Trinajstić information content (AvgIpc) is 2.23. The zero-order chi connectivity index (χ0) is 11.3. The molecule has 1 rings (SSSR count). The van der Waals surface area contributed by atoms with Crippen molar-refractivity contribution >= 4 is 5.78 Å². The van der Waals surface area contributed by atoms with Gasteiger partial charge in [-0.2, -0.15) is 0 Å². The van der Waals surface area contributed by atoms with Crippen LogP contribution in [-0.4, -0.2) is 12.3 Å². The number of rotatable bonds is 5. The van der Waals surface area contributed by atoms with Crippen molar-refractivity contribution in [3.63, 3.8) is 0 Å². The molecule has 2 N–H and O–H groups in total. The zero-order valence-electron chi connectivity index (χ0n) is 8.87. The van der Waals surface area contributed by atoms with Gasteiger partial charge in [0, 0.05) is 18.9 Å². The molecule has 15 heavy (non-hydrogen) atoms. The van der Waals surface area contributed by atoms with E-state index in [4.69, 9.17) is 5.73 Å². The Kier molecular flexibility index (Phi) is 4.43. The molecule has 0 spiro atoms. The molecule has 0 aliphatic carbocycles. The molecule has 0 saturated carbocycles. The van der Waals surface area contributed by atoms with Crippen molar-refractivity contribution in [1.82, 2.24) is 0 Å². The fourth-order valence-electron chi connectivity index (χ4n) is 1.47. The maximum atomic E-state index is 12.6. The summed E-state index contributed by atoms with van der Waals surface area (Å²) < 4.78 is 12.6. The van der Waals surface area contributed by atoms with E-state index in [1.807, 2.05) is 6.92 Å². The Balaban J connectivity index is 2.61. The lowest BCUT2D eigenvalue weighted by molar-refractivity contribution is -0.122. The highest BCUT2D eigenvalue weighted by atomic mass is 19.1. The predicted octanol–water partition coefficient (Wildman–Crippen LogP) is 1.92. The van der Waals surface area contributed by atoms with E-state index >= 15 is 0 Å². The third kappa shape index (κ3) is 3.44. The van der Waals surface area contributed by atoms with Crippen molar-refractivity contribution in [1.29, 1.82) is 0 Å². The smallest absolute Gasteiger partial charge is 0.141 e. The fraction of sp³-hybridized carbons (Fsp3) is 0.417. The number of carbonyl (C=O) groups is 1. The second-order valence-electron chi connectivity index (χ2n) is 3.61.